The number of amides is 1. The van der Waals surface area contributed by atoms with Crippen molar-refractivity contribution in [1.82, 2.24) is 15.1 Å². The Morgan fingerprint density at radius 2 is 2.04 bits per heavy atom. The molecule has 2 heterocycles. The number of aliphatic carboxylic acids is 1. The van der Waals surface area contributed by atoms with Crippen LogP contribution in [0.25, 0.3) is 0 Å². The first-order valence-corrected chi connectivity index (χ1v) is 9.18. The van der Waals surface area contributed by atoms with Crippen LogP contribution in [0, 0.1) is 11.3 Å². The van der Waals surface area contributed by atoms with E-state index in [0.717, 1.165) is 56.2 Å². The number of hydrogen-bond donors (Lipinski definition) is 2. The Kier molecular flexibility index (Phi) is 3.85. The number of carboxylic acid groups (broad SMARTS) is 1. The lowest BCUT2D eigenvalue weighted by atomic mass is 9.75. The largest absolute Gasteiger partial charge is 0.481 e. The highest BCUT2D eigenvalue weighted by Gasteiger charge is 2.47. The Labute approximate surface area is 141 Å². The number of fused-ring (bicyclic) bond motifs is 1. The molecule has 0 radical (unpaired) electrons. The van der Waals surface area contributed by atoms with Crippen LogP contribution in [-0.4, -0.2) is 45.2 Å². The van der Waals surface area contributed by atoms with Gasteiger partial charge >= 0.3 is 5.97 Å². The van der Waals surface area contributed by atoms with Crippen molar-refractivity contribution >= 4 is 11.9 Å². The number of nitrogens with zero attached hydrogens (tertiary/aromatic N) is 2. The highest BCUT2D eigenvalue weighted by atomic mass is 16.4. The predicted molar refractivity (Wildman–Crippen MR) is 87.8 cm³/mol. The molecular weight excluding hydrogens is 306 g/mol. The van der Waals surface area contributed by atoms with E-state index in [1.807, 2.05) is 0 Å². The second kappa shape index (κ2) is 5.90. The van der Waals surface area contributed by atoms with E-state index < -0.39 is 11.4 Å². The number of H-pyrrole nitrogens is 1. The maximum absolute atomic E-state index is 13.0. The lowest BCUT2D eigenvalue weighted by molar-refractivity contribution is -0.152. The number of carbonyl (C=O) groups excluding carboxylic acids is 1. The van der Waals surface area contributed by atoms with Crippen molar-refractivity contribution in [2.75, 3.05) is 13.1 Å². The summed E-state index contributed by atoms with van der Waals surface area (Å²) in [4.78, 5) is 26.7. The minimum Gasteiger partial charge on any atom is -0.481 e. The van der Waals surface area contributed by atoms with E-state index in [-0.39, 0.29) is 5.91 Å². The highest BCUT2D eigenvalue weighted by Crippen LogP contribution is 2.45. The van der Waals surface area contributed by atoms with E-state index in [4.69, 9.17) is 0 Å². The first-order chi connectivity index (χ1) is 11.6. The number of carbonyl (C=O) groups is 2. The number of carboxylic acids is 1. The standard InChI is InChI=1S/C18H25N3O3/c22-16(15-13-4-1-2-5-14(13)19-20-15)21-9-3-8-18(11-21,17(23)24)10-12-6-7-12/h12H,1-11H2,(H,19,20)(H,23,24)/t18-/m0/s1. The van der Waals surface area contributed by atoms with Crippen LogP contribution in [0.15, 0.2) is 0 Å². The second-order valence-corrected chi connectivity index (χ2v) is 7.80. The van der Waals surface area contributed by atoms with Gasteiger partial charge in [-0.1, -0.05) is 12.8 Å². The molecule has 1 amide bonds. The van der Waals surface area contributed by atoms with Gasteiger partial charge in [-0.2, -0.15) is 5.10 Å². The van der Waals surface area contributed by atoms with Gasteiger partial charge in [-0.15, -0.1) is 0 Å². The van der Waals surface area contributed by atoms with Crippen LogP contribution in [0.3, 0.4) is 0 Å². The number of aromatic nitrogens is 2. The minimum atomic E-state index is -0.758. The van der Waals surface area contributed by atoms with Crippen molar-refractivity contribution in [1.29, 1.82) is 0 Å². The van der Waals surface area contributed by atoms with Gasteiger partial charge in [-0.25, -0.2) is 0 Å². The number of hydrogen-bond acceptors (Lipinski definition) is 3. The molecule has 2 N–H and O–H groups in total. The maximum Gasteiger partial charge on any atom is 0.311 e. The fraction of sp³-hybridized carbons (Fsp3) is 0.722. The topological polar surface area (TPSA) is 86.3 Å². The molecule has 0 aromatic carbocycles. The first-order valence-electron chi connectivity index (χ1n) is 9.18. The molecule has 1 aromatic heterocycles. The molecule has 6 nitrogen and oxygen atoms in total. The lowest BCUT2D eigenvalue weighted by Crippen LogP contribution is -2.50. The summed E-state index contributed by atoms with van der Waals surface area (Å²) < 4.78 is 0. The van der Waals surface area contributed by atoms with Gasteiger partial charge in [0.2, 0.25) is 0 Å². The lowest BCUT2D eigenvalue weighted by Gasteiger charge is -2.40. The van der Waals surface area contributed by atoms with E-state index in [9.17, 15) is 14.7 Å². The van der Waals surface area contributed by atoms with Gasteiger partial charge < -0.3 is 10.0 Å². The Morgan fingerprint density at radius 3 is 2.79 bits per heavy atom. The summed E-state index contributed by atoms with van der Waals surface area (Å²) in [6.45, 7) is 0.972. The van der Waals surface area contributed by atoms with Crippen molar-refractivity contribution in [3.63, 3.8) is 0 Å². The number of rotatable bonds is 4. The normalized spacial score (nSPS) is 26.9. The third kappa shape index (κ3) is 2.72. The molecule has 3 aliphatic rings. The molecule has 6 heteroatoms. The fourth-order valence-corrected chi connectivity index (χ4v) is 4.42. The van der Waals surface area contributed by atoms with Crippen molar-refractivity contribution in [3.8, 4) is 0 Å². The third-order valence-electron chi connectivity index (χ3n) is 5.95. The highest BCUT2D eigenvalue weighted by molar-refractivity contribution is 5.94. The summed E-state index contributed by atoms with van der Waals surface area (Å²) >= 11 is 0. The zero-order chi connectivity index (χ0) is 16.7. The zero-order valence-corrected chi connectivity index (χ0v) is 14.0. The molecular formula is C18H25N3O3. The maximum atomic E-state index is 13.0. The molecule has 1 saturated heterocycles. The van der Waals surface area contributed by atoms with Gasteiger partial charge in [-0.3, -0.25) is 14.7 Å². The SMILES string of the molecule is O=C(c1n[nH]c2c1CCCC2)N1CCC[C@@](CC2CC2)(C(=O)O)C1. The molecule has 4 rings (SSSR count). The van der Waals surface area contributed by atoms with Crippen LogP contribution in [0.4, 0.5) is 0 Å². The second-order valence-electron chi connectivity index (χ2n) is 7.80. The van der Waals surface area contributed by atoms with Crippen molar-refractivity contribution in [2.45, 2.75) is 57.8 Å². The van der Waals surface area contributed by atoms with E-state index in [2.05, 4.69) is 10.2 Å². The molecule has 2 fully saturated rings. The Bertz CT molecular complexity index is 664. The van der Waals surface area contributed by atoms with Crippen molar-refractivity contribution < 1.29 is 14.7 Å². The van der Waals surface area contributed by atoms with E-state index >= 15 is 0 Å². The third-order valence-corrected chi connectivity index (χ3v) is 5.95. The molecule has 1 atom stereocenters. The van der Waals surface area contributed by atoms with Crippen LogP contribution < -0.4 is 0 Å². The van der Waals surface area contributed by atoms with Gasteiger partial charge in [0.25, 0.3) is 5.91 Å². The Hall–Kier alpha value is -1.85. The number of aryl methyl sites for hydroxylation is 1. The molecule has 0 unspecified atom stereocenters. The van der Waals surface area contributed by atoms with E-state index in [1.165, 1.54) is 0 Å². The summed E-state index contributed by atoms with van der Waals surface area (Å²) in [5, 5.41) is 17.1. The molecule has 0 spiro atoms. The van der Waals surface area contributed by atoms with Crippen LogP contribution in [0.1, 0.15) is 66.7 Å². The van der Waals surface area contributed by atoms with Crippen LogP contribution in [0.2, 0.25) is 0 Å². The number of aromatic amines is 1. The number of nitrogens with one attached hydrogen (secondary N) is 1. The monoisotopic (exact) mass is 331 g/mol. The van der Waals surface area contributed by atoms with Gasteiger partial charge in [0, 0.05) is 24.3 Å². The molecule has 1 aromatic rings. The minimum absolute atomic E-state index is 0.0875. The Morgan fingerprint density at radius 1 is 1.25 bits per heavy atom. The molecule has 1 saturated carbocycles. The van der Waals surface area contributed by atoms with Crippen molar-refractivity contribution in [2.24, 2.45) is 11.3 Å². The van der Waals surface area contributed by atoms with Crippen LogP contribution in [-0.2, 0) is 17.6 Å². The van der Waals surface area contributed by atoms with Gasteiger partial charge in [0.15, 0.2) is 5.69 Å². The molecule has 24 heavy (non-hydrogen) atoms. The van der Waals surface area contributed by atoms with Crippen molar-refractivity contribution in [3.05, 3.63) is 17.0 Å². The molecule has 130 valence electrons. The van der Waals surface area contributed by atoms with Crippen LogP contribution in [0.5, 0.6) is 0 Å². The summed E-state index contributed by atoms with van der Waals surface area (Å²) in [5.74, 6) is -0.291. The summed E-state index contributed by atoms with van der Waals surface area (Å²) in [6, 6.07) is 0. The zero-order valence-electron chi connectivity index (χ0n) is 14.0. The van der Waals surface area contributed by atoms with Gasteiger partial charge in [0.05, 0.1) is 5.41 Å². The number of likely N-dealkylation sites (tertiary alicyclic amines) is 1. The van der Waals surface area contributed by atoms with Gasteiger partial charge in [-0.05, 0) is 50.9 Å². The average molecular weight is 331 g/mol. The molecule has 2 aliphatic carbocycles. The summed E-state index contributed by atoms with van der Waals surface area (Å²) in [7, 11) is 0. The number of piperidine rings is 1. The summed E-state index contributed by atoms with van der Waals surface area (Å²) in [5.41, 5.74) is 1.91. The molecule has 1 aliphatic heterocycles. The Balaban J connectivity index is 1.55. The van der Waals surface area contributed by atoms with E-state index in [0.29, 0.717) is 37.5 Å². The summed E-state index contributed by atoms with van der Waals surface area (Å²) in [6.07, 6.45) is 8.50. The van der Waals surface area contributed by atoms with Crippen LogP contribution >= 0.6 is 0 Å². The average Bonchev–Trinajstić information content (AvgIpc) is 3.29. The first kappa shape index (κ1) is 15.7. The van der Waals surface area contributed by atoms with Gasteiger partial charge in [0.1, 0.15) is 0 Å². The smallest absolute Gasteiger partial charge is 0.311 e. The quantitative estimate of drug-likeness (QED) is 0.887. The molecule has 0 bridgehead atoms. The van der Waals surface area contributed by atoms with E-state index in [1.54, 1.807) is 4.90 Å². The fourth-order valence-electron chi connectivity index (χ4n) is 4.42. The predicted octanol–water partition coefficient (Wildman–Crippen LogP) is 2.40.